The predicted molar refractivity (Wildman–Crippen MR) is 67.8 cm³/mol. The summed E-state index contributed by atoms with van der Waals surface area (Å²) < 4.78 is 10.8. The van der Waals surface area contributed by atoms with Crippen molar-refractivity contribution in [2.75, 3.05) is 7.05 Å². The Hall–Kier alpha value is -1.62. The molecule has 0 unspecified atom stereocenters. The Labute approximate surface area is 107 Å². The highest BCUT2D eigenvalue weighted by atomic mass is 16.4. The van der Waals surface area contributed by atoms with Crippen molar-refractivity contribution in [1.82, 2.24) is 15.1 Å². The summed E-state index contributed by atoms with van der Waals surface area (Å²) in [7, 11) is 2.06. The van der Waals surface area contributed by atoms with E-state index in [0.29, 0.717) is 36.0 Å². The summed E-state index contributed by atoms with van der Waals surface area (Å²) in [5, 5.41) is 8.01. The fourth-order valence-corrected chi connectivity index (χ4v) is 1.68. The molecule has 0 aromatic carbocycles. The Morgan fingerprint density at radius 3 is 2.67 bits per heavy atom. The number of hydrogen-bond donors (Lipinski definition) is 0. The highest BCUT2D eigenvalue weighted by molar-refractivity contribution is 5.42. The molecule has 2 aromatic rings. The molecule has 0 aliphatic heterocycles. The predicted octanol–water partition coefficient (Wildman–Crippen LogP) is 2.81. The van der Waals surface area contributed by atoms with Crippen LogP contribution >= 0.6 is 0 Å². The van der Waals surface area contributed by atoms with Crippen LogP contribution < -0.4 is 0 Å². The average molecular weight is 249 g/mol. The molecule has 0 radical (unpaired) electrons. The van der Waals surface area contributed by atoms with E-state index in [0.717, 1.165) is 0 Å². The van der Waals surface area contributed by atoms with E-state index in [9.17, 15) is 0 Å². The first-order valence-corrected chi connectivity index (χ1v) is 6.14. The van der Waals surface area contributed by atoms with Gasteiger partial charge < -0.3 is 8.83 Å². The summed E-state index contributed by atoms with van der Waals surface area (Å²) in [4.78, 5) is 2.20. The van der Waals surface area contributed by atoms with Crippen LogP contribution in [0.4, 0.5) is 0 Å². The molecule has 98 valence electrons. The van der Waals surface area contributed by atoms with Crippen LogP contribution in [-0.2, 0) is 6.54 Å². The van der Waals surface area contributed by atoms with Crippen molar-refractivity contribution in [3.05, 3.63) is 24.3 Å². The number of rotatable bonds is 5. The zero-order chi connectivity index (χ0) is 13.1. The smallest absolute Gasteiger partial charge is 0.283 e. The zero-order valence-corrected chi connectivity index (χ0v) is 11.3. The number of hydrogen-bond acceptors (Lipinski definition) is 5. The first kappa shape index (κ1) is 12.8. The van der Waals surface area contributed by atoms with Crippen molar-refractivity contribution in [3.8, 4) is 11.7 Å². The Bertz CT molecular complexity index is 476. The van der Waals surface area contributed by atoms with Crippen LogP contribution in [0.3, 0.4) is 0 Å². The zero-order valence-electron chi connectivity index (χ0n) is 11.3. The van der Waals surface area contributed by atoms with Gasteiger partial charge in [-0.15, -0.1) is 10.2 Å². The molecule has 0 N–H and O–H groups in total. The van der Waals surface area contributed by atoms with Gasteiger partial charge in [0.05, 0.1) is 12.8 Å². The van der Waals surface area contributed by atoms with Crippen LogP contribution in [0.25, 0.3) is 11.7 Å². The monoisotopic (exact) mass is 249 g/mol. The lowest BCUT2D eigenvalue weighted by Gasteiger charge is -2.26. The largest absolute Gasteiger partial charge is 0.459 e. The van der Waals surface area contributed by atoms with Crippen LogP contribution in [0.1, 0.15) is 26.7 Å². The van der Waals surface area contributed by atoms with Crippen LogP contribution in [-0.4, -0.2) is 28.2 Å². The molecular formula is C13H19N3O2. The van der Waals surface area contributed by atoms with E-state index >= 15 is 0 Å². The van der Waals surface area contributed by atoms with Gasteiger partial charge in [0.15, 0.2) is 5.76 Å². The minimum absolute atomic E-state index is 0.431. The van der Waals surface area contributed by atoms with Gasteiger partial charge in [0.1, 0.15) is 0 Å². The second-order valence-electron chi connectivity index (χ2n) is 4.88. The third-order valence-electron chi connectivity index (χ3n) is 3.24. The highest BCUT2D eigenvalue weighted by Gasteiger charge is 2.17. The van der Waals surface area contributed by atoms with Crippen molar-refractivity contribution in [2.24, 2.45) is 5.92 Å². The van der Waals surface area contributed by atoms with Crippen LogP contribution in [0.5, 0.6) is 0 Å². The van der Waals surface area contributed by atoms with Gasteiger partial charge >= 0.3 is 0 Å². The summed E-state index contributed by atoms with van der Waals surface area (Å²) in [6.07, 6.45) is 1.59. The number of nitrogens with zero attached hydrogens (tertiary/aromatic N) is 3. The molecule has 0 amide bonds. The molecule has 1 atom stereocenters. The molecule has 5 nitrogen and oxygen atoms in total. The van der Waals surface area contributed by atoms with Gasteiger partial charge in [-0.25, -0.2) is 0 Å². The molecule has 0 bridgehead atoms. The summed E-state index contributed by atoms with van der Waals surface area (Å²) in [6, 6.07) is 4.06. The molecule has 0 spiro atoms. The summed E-state index contributed by atoms with van der Waals surface area (Å²) in [5.41, 5.74) is 0. The summed E-state index contributed by atoms with van der Waals surface area (Å²) in [5.74, 6) is 2.23. The van der Waals surface area contributed by atoms with E-state index < -0.39 is 0 Å². The lowest BCUT2D eigenvalue weighted by molar-refractivity contribution is 0.184. The third kappa shape index (κ3) is 2.79. The molecule has 2 heterocycles. The molecular weight excluding hydrogens is 230 g/mol. The molecule has 5 heteroatoms. The van der Waals surface area contributed by atoms with Gasteiger partial charge in [0.2, 0.25) is 5.89 Å². The highest BCUT2D eigenvalue weighted by Crippen LogP contribution is 2.19. The summed E-state index contributed by atoms with van der Waals surface area (Å²) in [6.45, 7) is 7.23. The van der Waals surface area contributed by atoms with E-state index in [1.165, 1.54) is 0 Å². The van der Waals surface area contributed by atoms with E-state index in [4.69, 9.17) is 8.83 Å². The Kier molecular flexibility index (Phi) is 3.81. The average Bonchev–Trinajstić information content (AvgIpc) is 2.96. The first-order valence-electron chi connectivity index (χ1n) is 6.14. The SMILES string of the molecule is CC(C)[C@@H](C)N(C)Cc1nnc(-c2ccco2)o1. The number of aromatic nitrogens is 2. The van der Waals surface area contributed by atoms with Gasteiger partial charge in [0, 0.05) is 6.04 Å². The fourth-order valence-electron chi connectivity index (χ4n) is 1.68. The van der Waals surface area contributed by atoms with E-state index in [1.54, 1.807) is 18.4 Å². The van der Waals surface area contributed by atoms with E-state index in [1.807, 2.05) is 0 Å². The molecule has 2 rings (SSSR count). The molecule has 0 aliphatic carbocycles. The maximum absolute atomic E-state index is 5.57. The minimum Gasteiger partial charge on any atom is -0.459 e. The molecule has 0 saturated heterocycles. The molecule has 0 saturated carbocycles. The molecule has 0 aliphatic rings. The second-order valence-corrected chi connectivity index (χ2v) is 4.88. The lowest BCUT2D eigenvalue weighted by Crippen LogP contribution is -2.32. The quantitative estimate of drug-likeness (QED) is 0.815. The van der Waals surface area contributed by atoms with Gasteiger partial charge in [-0.05, 0) is 32.0 Å². The first-order chi connectivity index (χ1) is 8.58. The topological polar surface area (TPSA) is 55.3 Å². The Morgan fingerprint density at radius 2 is 2.06 bits per heavy atom. The van der Waals surface area contributed by atoms with E-state index in [2.05, 4.69) is 42.9 Å². The molecule has 0 fully saturated rings. The second kappa shape index (κ2) is 5.35. The normalized spacial score (nSPS) is 13.4. The van der Waals surface area contributed by atoms with Crippen LogP contribution in [0.15, 0.2) is 27.2 Å². The van der Waals surface area contributed by atoms with E-state index in [-0.39, 0.29) is 0 Å². The van der Waals surface area contributed by atoms with Crippen molar-refractivity contribution >= 4 is 0 Å². The maximum atomic E-state index is 5.57. The van der Waals surface area contributed by atoms with Crippen molar-refractivity contribution in [2.45, 2.75) is 33.4 Å². The van der Waals surface area contributed by atoms with Gasteiger partial charge in [0.25, 0.3) is 5.89 Å². The number of furan rings is 1. The van der Waals surface area contributed by atoms with Crippen molar-refractivity contribution < 1.29 is 8.83 Å². The van der Waals surface area contributed by atoms with Gasteiger partial charge in [-0.3, -0.25) is 4.90 Å². The van der Waals surface area contributed by atoms with Gasteiger partial charge in [-0.2, -0.15) is 0 Å². The minimum atomic E-state index is 0.431. The standard InChI is InChI=1S/C13H19N3O2/c1-9(2)10(3)16(4)8-12-14-15-13(18-12)11-6-5-7-17-11/h5-7,9-10H,8H2,1-4H3/t10-/m1/s1. The van der Waals surface area contributed by atoms with Crippen LogP contribution in [0.2, 0.25) is 0 Å². The Balaban J connectivity index is 2.03. The van der Waals surface area contributed by atoms with Crippen LogP contribution in [0, 0.1) is 5.92 Å². The maximum Gasteiger partial charge on any atom is 0.283 e. The lowest BCUT2D eigenvalue weighted by atomic mass is 10.1. The third-order valence-corrected chi connectivity index (χ3v) is 3.24. The van der Waals surface area contributed by atoms with Crippen molar-refractivity contribution in [3.63, 3.8) is 0 Å². The molecule has 2 aromatic heterocycles. The molecule has 18 heavy (non-hydrogen) atoms. The fraction of sp³-hybridized carbons (Fsp3) is 0.538. The van der Waals surface area contributed by atoms with Crippen molar-refractivity contribution in [1.29, 1.82) is 0 Å². The van der Waals surface area contributed by atoms with Gasteiger partial charge in [-0.1, -0.05) is 13.8 Å². The summed E-state index contributed by atoms with van der Waals surface area (Å²) >= 11 is 0. The Morgan fingerprint density at radius 1 is 1.28 bits per heavy atom.